The average Bonchev–Trinajstić information content (AvgIpc) is 2.57. The standard InChI is InChI=1S/C21H18F2S.5FH/c1-14(16-5-3-2-4-6-16)11-15-12-19(22)21(20(23)13-15)17-7-9-18(24)10-8-17;;;;;/h2-10,12-14,24H,11H2,1H3;5*1H. The molecule has 1 unspecified atom stereocenters. The predicted molar refractivity (Wildman–Crippen MR) is 110 cm³/mol. The molecule has 0 aliphatic carbocycles. The summed E-state index contributed by atoms with van der Waals surface area (Å²) in [6, 6.07) is 19.6. The van der Waals surface area contributed by atoms with Crippen LogP contribution in [0.1, 0.15) is 24.0 Å². The molecule has 0 spiro atoms. The van der Waals surface area contributed by atoms with Crippen molar-refractivity contribution in [1.82, 2.24) is 0 Å². The lowest BCUT2D eigenvalue weighted by Gasteiger charge is -2.14. The molecule has 3 rings (SSSR count). The van der Waals surface area contributed by atoms with Gasteiger partial charge in [-0.05, 0) is 53.3 Å². The quantitative estimate of drug-likeness (QED) is 0.327. The molecule has 0 nitrogen and oxygen atoms in total. The molecule has 3 aromatic carbocycles. The maximum Gasteiger partial charge on any atom is 0.134 e. The minimum Gasteiger partial charge on any atom is -0.269 e. The molecular weight excluding hydrogens is 417 g/mol. The summed E-state index contributed by atoms with van der Waals surface area (Å²) in [6.45, 7) is 2.06. The van der Waals surface area contributed by atoms with Crippen LogP contribution in [0.25, 0.3) is 11.1 Å². The molecule has 0 fully saturated rings. The van der Waals surface area contributed by atoms with Gasteiger partial charge in [0.2, 0.25) is 0 Å². The topological polar surface area (TPSA) is 0 Å². The Balaban J connectivity index is -0.00000135. The number of benzene rings is 3. The second-order valence-corrected chi connectivity index (χ2v) is 6.51. The molecule has 162 valence electrons. The Morgan fingerprint density at radius 2 is 1.24 bits per heavy atom. The van der Waals surface area contributed by atoms with E-state index in [0.717, 1.165) is 10.5 Å². The number of halogens is 7. The van der Waals surface area contributed by atoms with Crippen molar-refractivity contribution < 1.29 is 32.3 Å². The first kappa shape index (κ1) is 31.2. The summed E-state index contributed by atoms with van der Waals surface area (Å²) in [7, 11) is 0. The fourth-order valence-corrected chi connectivity index (χ4v) is 3.05. The minimum atomic E-state index is -0.530. The summed E-state index contributed by atoms with van der Waals surface area (Å²) >= 11 is 4.20. The molecule has 0 N–H and O–H groups in total. The lowest BCUT2D eigenvalue weighted by Crippen LogP contribution is -2.01. The first-order valence-corrected chi connectivity index (χ1v) is 8.31. The zero-order valence-electron chi connectivity index (χ0n) is 15.4. The molecular formula is C21H23F7S. The number of hydrogen-bond donors (Lipinski definition) is 1. The van der Waals surface area contributed by atoms with Gasteiger partial charge < -0.3 is 0 Å². The van der Waals surface area contributed by atoms with Gasteiger partial charge in [0, 0.05) is 4.90 Å². The molecule has 0 radical (unpaired) electrons. The Bertz CT molecular complexity index is 816. The normalized spacial score (nSPS) is 10.1. The number of thiol groups is 1. The van der Waals surface area contributed by atoms with E-state index in [-0.39, 0.29) is 35.0 Å². The van der Waals surface area contributed by atoms with Crippen LogP contribution >= 0.6 is 12.6 Å². The molecule has 29 heavy (non-hydrogen) atoms. The van der Waals surface area contributed by atoms with Crippen LogP contribution < -0.4 is 0 Å². The van der Waals surface area contributed by atoms with Crippen molar-refractivity contribution in [3.8, 4) is 11.1 Å². The Morgan fingerprint density at radius 1 is 0.759 bits per heavy atom. The second-order valence-electron chi connectivity index (χ2n) is 6.00. The molecule has 0 saturated heterocycles. The highest BCUT2D eigenvalue weighted by Crippen LogP contribution is 2.30. The average molecular weight is 440 g/mol. The van der Waals surface area contributed by atoms with Crippen molar-refractivity contribution >= 4 is 12.6 Å². The third-order valence-corrected chi connectivity index (χ3v) is 4.47. The second kappa shape index (κ2) is 13.7. The van der Waals surface area contributed by atoms with Crippen molar-refractivity contribution in [1.29, 1.82) is 0 Å². The van der Waals surface area contributed by atoms with Crippen molar-refractivity contribution in [2.75, 3.05) is 0 Å². The van der Waals surface area contributed by atoms with Gasteiger partial charge in [-0.15, -0.1) is 12.6 Å². The molecule has 0 amide bonds. The van der Waals surface area contributed by atoms with E-state index in [1.54, 1.807) is 24.3 Å². The van der Waals surface area contributed by atoms with Crippen LogP contribution in [0.5, 0.6) is 0 Å². The highest BCUT2D eigenvalue weighted by atomic mass is 32.1. The Labute approximate surface area is 170 Å². The zero-order chi connectivity index (χ0) is 17.1. The van der Waals surface area contributed by atoms with E-state index in [4.69, 9.17) is 0 Å². The van der Waals surface area contributed by atoms with Gasteiger partial charge in [-0.3, -0.25) is 23.5 Å². The summed E-state index contributed by atoms with van der Waals surface area (Å²) in [5.74, 6) is -0.867. The van der Waals surface area contributed by atoms with Gasteiger partial charge in [-0.1, -0.05) is 49.4 Å². The maximum absolute atomic E-state index is 14.5. The van der Waals surface area contributed by atoms with E-state index in [0.29, 0.717) is 17.5 Å². The highest BCUT2D eigenvalue weighted by Gasteiger charge is 2.15. The molecule has 8 heteroatoms. The Morgan fingerprint density at radius 3 is 1.72 bits per heavy atom. The van der Waals surface area contributed by atoms with Crippen molar-refractivity contribution in [3.05, 3.63) is 89.5 Å². The van der Waals surface area contributed by atoms with Crippen LogP contribution in [-0.4, -0.2) is 0 Å². The first-order valence-electron chi connectivity index (χ1n) is 7.87. The molecule has 0 bridgehead atoms. The van der Waals surface area contributed by atoms with Gasteiger partial charge in [0.1, 0.15) is 11.6 Å². The number of hydrogen-bond acceptors (Lipinski definition) is 1. The predicted octanol–water partition coefficient (Wildman–Crippen LogP) is 7.03. The molecule has 0 saturated carbocycles. The molecule has 0 heterocycles. The molecule has 1 atom stereocenters. The van der Waals surface area contributed by atoms with Crippen LogP contribution in [0.4, 0.5) is 32.3 Å². The van der Waals surface area contributed by atoms with Gasteiger partial charge in [-0.2, -0.15) is 0 Å². The summed E-state index contributed by atoms with van der Waals surface area (Å²) in [4.78, 5) is 0.757. The van der Waals surface area contributed by atoms with Gasteiger partial charge in [0.15, 0.2) is 0 Å². The summed E-state index contributed by atoms with van der Waals surface area (Å²) < 4.78 is 29.0. The molecule has 0 aliphatic heterocycles. The van der Waals surface area contributed by atoms with Gasteiger partial charge in [0.05, 0.1) is 5.56 Å². The zero-order valence-corrected chi connectivity index (χ0v) is 16.3. The maximum atomic E-state index is 14.5. The first-order chi connectivity index (χ1) is 11.5. The van der Waals surface area contributed by atoms with Crippen LogP contribution in [-0.2, 0) is 6.42 Å². The van der Waals surface area contributed by atoms with E-state index in [1.807, 2.05) is 30.3 Å². The summed E-state index contributed by atoms with van der Waals surface area (Å²) in [5, 5.41) is 0. The van der Waals surface area contributed by atoms with Crippen molar-refractivity contribution in [2.24, 2.45) is 0 Å². The van der Waals surface area contributed by atoms with Gasteiger partial charge in [0.25, 0.3) is 0 Å². The molecule has 0 aromatic heterocycles. The van der Waals surface area contributed by atoms with Crippen LogP contribution in [0, 0.1) is 11.6 Å². The van der Waals surface area contributed by atoms with Crippen LogP contribution in [0.2, 0.25) is 0 Å². The fraction of sp³-hybridized carbons (Fsp3) is 0.143. The summed E-state index contributed by atoms with van der Waals surface area (Å²) in [6.07, 6.45) is 0.591. The smallest absolute Gasteiger partial charge is 0.134 e. The third-order valence-electron chi connectivity index (χ3n) is 4.17. The van der Waals surface area contributed by atoms with Gasteiger partial charge in [-0.25, -0.2) is 8.78 Å². The van der Waals surface area contributed by atoms with E-state index in [9.17, 15) is 8.78 Å². The van der Waals surface area contributed by atoms with Crippen molar-refractivity contribution in [2.45, 2.75) is 24.2 Å². The Hall–Kier alpha value is -2.48. The van der Waals surface area contributed by atoms with Crippen LogP contribution in [0.15, 0.2) is 71.6 Å². The fourth-order valence-electron chi connectivity index (χ4n) is 2.90. The van der Waals surface area contributed by atoms with Crippen LogP contribution in [0.3, 0.4) is 0 Å². The minimum absolute atomic E-state index is 0. The monoisotopic (exact) mass is 440 g/mol. The Kier molecular flexibility index (Phi) is 14.7. The highest BCUT2D eigenvalue weighted by molar-refractivity contribution is 7.80. The lowest BCUT2D eigenvalue weighted by molar-refractivity contribution is 0.583. The number of rotatable bonds is 4. The van der Waals surface area contributed by atoms with E-state index < -0.39 is 11.6 Å². The molecule has 3 aromatic rings. The largest absolute Gasteiger partial charge is 0.269 e. The van der Waals surface area contributed by atoms with E-state index in [1.165, 1.54) is 12.1 Å². The van der Waals surface area contributed by atoms with Crippen molar-refractivity contribution in [3.63, 3.8) is 0 Å². The lowest BCUT2D eigenvalue weighted by atomic mass is 9.92. The van der Waals surface area contributed by atoms with Gasteiger partial charge >= 0.3 is 0 Å². The molecule has 0 aliphatic rings. The SMILES string of the molecule is CC(Cc1cc(F)c(-c2ccc(S)cc2)c(F)c1)c1ccccc1.F.F.F.F.F. The summed E-state index contributed by atoms with van der Waals surface area (Å²) in [5.41, 5.74) is 2.35. The van der Waals surface area contributed by atoms with E-state index in [2.05, 4.69) is 19.6 Å². The van der Waals surface area contributed by atoms with E-state index >= 15 is 0 Å². The third kappa shape index (κ3) is 7.45.